The molecule has 1 saturated heterocycles. The lowest BCUT2D eigenvalue weighted by molar-refractivity contribution is -0.145. The standard InChI is InChI=1S/C32H35ClN2O4S/c1-32(2,3)19-35-26-12-11-22(33)17-25(26)29(24-10-6-8-20-7-4-5-9-23(20)24)40-27(30(35)37)18-28(36)34-15-13-21(14-16-34)31(38)39/h4-12,17,21,27,29H,13-16,18-19H2,1-3H3,(H,38,39)/t27-,29-/m0/s1. The maximum atomic E-state index is 14.3. The molecule has 0 saturated carbocycles. The maximum Gasteiger partial charge on any atom is 0.306 e. The molecule has 2 heterocycles. The number of amides is 2. The topological polar surface area (TPSA) is 77.9 Å². The van der Waals surface area contributed by atoms with Gasteiger partial charge >= 0.3 is 5.97 Å². The van der Waals surface area contributed by atoms with Gasteiger partial charge in [0.25, 0.3) is 0 Å². The van der Waals surface area contributed by atoms with E-state index in [-0.39, 0.29) is 28.9 Å². The van der Waals surface area contributed by atoms with Gasteiger partial charge in [0.2, 0.25) is 11.8 Å². The van der Waals surface area contributed by atoms with Crippen LogP contribution in [0.25, 0.3) is 10.8 Å². The van der Waals surface area contributed by atoms with E-state index >= 15 is 0 Å². The van der Waals surface area contributed by atoms with Crippen molar-refractivity contribution in [1.82, 2.24) is 4.90 Å². The third-order valence-electron chi connectivity index (χ3n) is 7.70. The Morgan fingerprint density at radius 1 is 1.00 bits per heavy atom. The average Bonchev–Trinajstić information content (AvgIpc) is 3.02. The van der Waals surface area contributed by atoms with Gasteiger partial charge in [0.05, 0.1) is 16.4 Å². The number of carbonyl (C=O) groups excluding carboxylic acids is 2. The van der Waals surface area contributed by atoms with Gasteiger partial charge in [-0.05, 0) is 58.4 Å². The molecule has 5 rings (SSSR count). The van der Waals surface area contributed by atoms with E-state index in [0.29, 0.717) is 37.5 Å². The number of piperidine rings is 1. The number of hydrogen-bond donors (Lipinski definition) is 1. The third kappa shape index (κ3) is 6.01. The highest BCUT2D eigenvalue weighted by atomic mass is 35.5. The van der Waals surface area contributed by atoms with Crippen LogP contribution in [0.4, 0.5) is 5.69 Å². The normalized spacial score (nSPS) is 20.4. The lowest BCUT2D eigenvalue weighted by Crippen LogP contribution is -2.45. The summed E-state index contributed by atoms with van der Waals surface area (Å²) in [5.41, 5.74) is 2.69. The first-order valence-corrected chi connectivity index (χ1v) is 15.1. The van der Waals surface area contributed by atoms with Crippen LogP contribution >= 0.6 is 23.4 Å². The first-order valence-electron chi connectivity index (χ1n) is 13.8. The molecule has 0 aromatic heterocycles. The van der Waals surface area contributed by atoms with Gasteiger partial charge in [0, 0.05) is 36.8 Å². The Morgan fingerprint density at radius 3 is 2.40 bits per heavy atom. The Morgan fingerprint density at radius 2 is 1.70 bits per heavy atom. The zero-order chi connectivity index (χ0) is 28.6. The Labute approximate surface area is 244 Å². The molecule has 3 aromatic carbocycles. The minimum atomic E-state index is -0.811. The molecule has 2 atom stereocenters. The van der Waals surface area contributed by atoms with E-state index in [1.54, 1.807) is 4.90 Å². The largest absolute Gasteiger partial charge is 0.481 e. The van der Waals surface area contributed by atoms with Crippen LogP contribution in [-0.4, -0.2) is 52.7 Å². The van der Waals surface area contributed by atoms with E-state index in [2.05, 4.69) is 45.0 Å². The molecule has 210 valence electrons. The summed E-state index contributed by atoms with van der Waals surface area (Å²) >= 11 is 8.07. The number of hydrogen-bond acceptors (Lipinski definition) is 4. The predicted molar refractivity (Wildman–Crippen MR) is 162 cm³/mol. The Bertz CT molecular complexity index is 1440. The van der Waals surface area contributed by atoms with Crippen LogP contribution < -0.4 is 4.90 Å². The third-order valence-corrected chi connectivity index (χ3v) is 9.41. The first-order chi connectivity index (χ1) is 19.0. The molecule has 2 amide bonds. The Kier molecular flexibility index (Phi) is 8.16. The molecule has 0 radical (unpaired) electrons. The van der Waals surface area contributed by atoms with E-state index in [1.807, 2.05) is 41.3 Å². The summed E-state index contributed by atoms with van der Waals surface area (Å²) in [5.74, 6) is -1.42. The lowest BCUT2D eigenvalue weighted by Gasteiger charge is -2.33. The molecule has 0 spiro atoms. The fraction of sp³-hybridized carbons (Fsp3) is 0.406. The summed E-state index contributed by atoms with van der Waals surface area (Å²) in [5, 5.41) is 11.4. The number of likely N-dealkylation sites (tertiary alicyclic amines) is 1. The Hall–Kier alpha value is -3.03. The number of carboxylic acid groups (broad SMARTS) is 1. The number of aliphatic carboxylic acids is 1. The van der Waals surface area contributed by atoms with Gasteiger partial charge in [-0.25, -0.2) is 0 Å². The van der Waals surface area contributed by atoms with Gasteiger partial charge < -0.3 is 14.9 Å². The van der Waals surface area contributed by atoms with Crippen molar-refractivity contribution in [3.05, 3.63) is 76.8 Å². The molecule has 40 heavy (non-hydrogen) atoms. The van der Waals surface area contributed by atoms with Gasteiger partial charge in [-0.3, -0.25) is 14.4 Å². The quantitative estimate of drug-likeness (QED) is 0.361. The fourth-order valence-electron chi connectivity index (χ4n) is 5.73. The second-order valence-corrected chi connectivity index (χ2v) is 13.7. The molecule has 2 aliphatic heterocycles. The van der Waals surface area contributed by atoms with E-state index in [9.17, 15) is 19.5 Å². The summed E-state index contributed by atoms with van der Waals surface area (Å²) in [6.45, 7) is 7.60. The number of rotatable bonds is 5. The van der Waals surface area contributed by atoms with Gasteiger partial charge in [-0.2, -0.15) is 0 Å². The van der Waals surface area contributed by atoms with Crippen LogP contribution in [0.3, 0.4) is 0 Å². The highest BCUT2D eigenvalue weighted by Crippen LogP contribution is 2.49. The van der Waals surface area contributed by atoms with Crippen LogP contribution in [0.5, 0.6) is 0 Å². The molecule has 2 aliphatic rings. The van der Waals surface area contributed by atoms with Gasteiger partial charge in [0.15, 0.2) is 0 Å². The summed E-state index contributed by atoms with van der Waals surface area (Å²) in [6, 6.07) is 20.1. The molecule has 3 aromatic rings. The number of anilines is 1. The van der Waals surface area contributed by atoms with Crippen molar-refractivity contribution in [2.45, 2.75) is 50.5 Å². The molecule has 0 unspecified atom stereocenters. The molecule has 8 heteroatoms. The molecular formula is C32H35ClN2O4S. The number of halogens is 1. The number of benzene rings is 3. The summed E-state index contributed by atoms with van der Waals surface area (Å²) in [4.78, 5) is 42.8. The highest BCUT2D eigenvalue weighted by Gasteiger charge is 2.40. The van der Waals surface area contributed by atoms with Crippen LogP contribution in [0.2, 0.25) is 5.02 Å². The summed E-state index contributed by atoms with van der Waals surface area (Å²) in [7, 11) is 0. The Balaban J connectivity index is 1.56. The zero-order valence-electron chi connectivity index (χ0n) is 23.1. The molecular weight excluding hydrogens is 544 g/mol. The van der Waals surface area contributed by atoms with Crippen molar-refractivity contribution >= 4 is 57.6 Å². The van der Waals surface area contributed by atoms with Gasteiger partial charge in [-0.1, -0.05) is 74.8 Å². The van der Waals surface area contributed by atoms with Crippen LogP contribution in [0, 0.1) is 11.3 Å². The van der Waals surface area contributed by atoms with Crippen molar-refractivity contribution in [2.24, 2.45) is 11.3 Å². The molecule has 1 fully saturated rings. The van der Waals surface area contributed by atoms with E-state index < -0.39 is 17.1 Å². The van der Waals surface area contributed by atoms with Crippen LogP contribution in [0.15, 0.2) is 60.7 Å². The van der Waals surface area contributed by atoms with Gasteiger partial charge in [0.1, 0.15) is 0 Å². The SMILES string of the molecule is CC(C)(C)CN1C(=O)[C@H](CC(=O)N2CCC(C(=O)O)CC2)S[C@@H](c2cccc3ccccc23)c2cc(Cl)ccc21. The molecule has 0 bridgehead atoms. The fourth-order valence-corrected chi connectivity index (χ4v) is 7.40. The van der Waals surface area contributed by atoms with E-state index in [0.717, 1.165) is 27.6 Å². The second kappa shape index (κ2) is 11.5. The van der Waals surface area contributed by atoms with Crippen molar-refractivity contribution in [1.29, 1.82) is 0 Å². The second-order valence-electron chi connectivity index (χ2n) is 12.0. The van der Waals surface area contributed by atoms with Crippen molar-refractivity contribution in [2.75, 3.05) is 24.5 Å². The van der Waals surface area contributed by atoms with Crippen LogP contribution in [0.1, 0.15) is 56.4 Å². The van der Waals surface area contributed by atoms with E-state index in [4.69, 9.17) is 11.6 Å². The number of thioether (sulfide) groups is 1. The number of carboxylic acids is 1. The average molecular weight is 579 g/mol. The monoisotopic (exact) mass is 578 g/mol. The summed E-state index contributed by atoms with van der Waals surface area (Å²) < 4.78 is 0. The van der Waals surface area contributed by atoms with Crippen molar-refractivity contribution in [3.63, 3.8) is 0 Å². The summed E-state index contributed by atoms with van der Waals surface area (Å²) in [6.07, 6.45) is 0.933. The first kappa shape index (κ1) is 28.5. The molecule has 0 aliphatic carbocycles. The predicted octanol–water partition coefficient (Wildman–Crippen LogP) is 6.79. The van der Waals surface area contributed by atoms with Gasteiger partial charge in [-0.15, -0.1) is 11.8 Å². The molecule has 6 nitrogen and oxygen atoms in total. The number of fused-ring (bicyclic) bond motifs is 2. The zero-order valence-corrected chi connectivity index (χ0v) is 24.7. The minimum absolute atomic E-state index is 0.0604. The van der Waals surface area contributed by atoms with E-state index in [1.165, 1.54) is 11.8 Å². The molecule has 1 N–H and O–H groups in total. The lowest BCUT2D eigenvalue weighted by atomic mass is 9.93. The smallest absolute Gasteiger partial charge is 0.306 e. The minimum Gasteiger partial charge on any atom is -0.481 e. The number of nitrogens with zero attached hydrogens (tertiary/aromatic N) is 2. The highest BCUT2D eigenvalue weighted by molar-refractivity contribution is 8.01. The maximum absolute atomic E-state index is 14.3. The van der Waals surface area contributed by atoms with Crippen LogP contribution in [-0.2, 0) is 14.4 Å². The number of carbonyl (C=O) groups is 3. The van der Waals surface area contributed by atoms with Crippen molar-refractivity contribution in [3.8, 4) is 0 Å². The van der Waals surface area contributed by atoms with Crippen molar-refractivity contribution < 1.29 is 19.5 Å².